The van der Waals surface area contributed by atoms with Gasteiger partial charge in [0.25, 0.3) is 0 Å². The Balaban J connectivity index is 1.80. The highest BCUT2D eigenvalue weighted by atomic mass is 79.9. The number of aliphatic carboxylic acids is 1. The maximum Gasteiger partial charge on any atom is 0.310 e. The summed E-state index contributed by atoms with van der Waals surface area (Å²) in [5, 5.41) is 12.1. The summed E-state index contributed by atoms with van der Waals surface area (Å²) in [5.74, 6) is -2.84. The number of benzene rings is 1. The summed E-state index contributed by atoms with van der Waals surface area (Å²) in [6.45, 7) is 1.92. The van der Waals surface area contributed by atoms with Crippen molar-refractivity contribution in [3.63, 3.8) is 0 Å². The first-order valence-electron chi connectivity index (χ1n) is 6.61. The van der Waals surface area contributed by atoms with Crippen LogP contribution in [0.3, 0.4) is 0 Å². The zero-order chi connectivity index (χ0) is 15.1. The standard InChI is InChI=1S/C15H14BrNO4/c1-7-6-8(2-3-9(7)16)17-14(18)12-10-4-5-11(21-10)13(12)15(19)20/h2-6,10-13H,1H3,(H,17,18)(H,19,20)/t10-,11-,12-,13-/m1/s1. The lowest BCUT2D eigenvalue weighted by Gasteiger charge is -2.21. The molecule has 1 amide bonds. The van der Waals surface area contributed by atoms with Crippen molar-refractivity contribution in [1.29, 1.82) is 0 Å². The lowest BCUT2D eigenvalue weighted by atomic mass is 9.82. The van der Waals surface area contributed by atoms with Gasteiger partial charge in [0.2, 0.25) is 5.91 Å². The van der Waals surface area contributed by atoms with Crippen LogP contribution in [0.4, 0.5) is 5.69 Å². The van der Waals surface area contributed by atoms with Gasteiger partial charge >= 0.3 is 5.97 Å². The fourth-order valence-electron chi connectivity index (χ4n) is 2.86. The fraction of sp³-hybridized carbons (Fsp3) is 0.333. The third kappa shape index (κ3) is 2.49. The number of ether oxygens (including phenoxy) is 1. The average Bonchev–Trinajstić information content (AvgIpc) is 3.03. The van der Waals surface area contributed by atoms with Gasteiger partial charge in [0, 0.05) is 10.2 Å². The van der Waals surface area contributed by atoms with E-state index >= 15 is 0 Å². The fourth-order valence-corrected chi connectivity index (χ4v) is 3.11. The highest BCUT2D eigenvalue weighted by Gasteiger charge is 2.53. The molecule has 1 aromatic carbocycles. The number of carbonyl (C=O) groups excluding carboxylic acids is 1. The molecule has 1 saturated heterocycles. The molecule has 2 N–H and O–H groups in total. The molecule has 0 unspecified atom stereocenters. The van der Waals surface area contributed by atoms with E-state index in [9.17, 15) is 14.7 Å². The molecule has 5 nitrogen and oxygen atoms in total. The van der Waals surface area contributed by atoms with Crippen molar-refractivity contribution in [2.24, 2.45) is 11.8 Å². The lowest BCUT2D eigenvalue weighted by Crippen LogP contribution is -2.39. The summed E-state index contributed by atoms with van der Waals surface area (Å²) in [6.07, 6.45) is 2.53. The topological polar surface area (TPSA) is 75.6 Å². The van der Waals surface area contributed by atoms with Gasteiger partial charge in [-0.25, -0.2) is 0 Å². The van der Waals surface area contributed by atoms with Gasteiger partial charge in [0.1, 0.15) is 5.92 Å². The number of halogens is 1. The van der Waals surface area contributed by atoms with Crippen LogP contribution in [-0.2, 0) is 14.3 Å². The Morgan fingerprint density at radius 2 is 1.90 bits per heavy atom. The van der Waals surface area contributed by atoms with Crippen LogP contribution in [-0.4, -0.2) is 29.2 Å². The normalized spacial score (nSPS) is 29.6. The van der Waals surface area contributed by atoms with Gasteiger partial charge in [-0.15, -0.1) is 0 Å². The summed E-state index contributed by atoms with van der Waals surface area (Å²) in [4.78, 5) is 23.8. The van der Waals surface area contributed by atoms with E-state index in [4.69, 9.17) is 4.74 Å². The van der Waals surface area contributed by atoms with Crippen LogP contribution >= 0.6 is 15.9 Å². The van der Waals surface area contributed by atoms with Gasteiger partial charge in [0.15, 0.2) is 0 Å². The molecule has 21 heavy (non-hydrogen) atoms. The van der Waals surface area contributed by atoms with E-state index in [2.05, 4.69) is 21.2 Å². The Hall–Kier alpha value is -1.66. The van der Waals surface area contributed by atoms with Crippen LogP contribution in [0.25, 0.3) is 0 Å². The summed E-state index contributed by atoms with van der Waals surface area (Å²) < 4.78 is 6.45. The van der Waals surface area contributed by atoms with E-state index < -0.39 is 30.0 Å². The molecule has 2 bridgehead atoms. The number of hydrogen-bond acceptors (Lipinski definition) is 3. The third-order valence-corrected chi connectivity index (χ3v) is 4.80. The summed E-state index contributed by atoms with van der Waals surface area (Å²) in [6, 6.07) is 5.45. The number of fused-ring (bicyclic) bond motifs is 2. The van der Waals surface area contributed by atoms with Crippen LogP contribution in [0.15, 0.2) is 34.8 Å². The zero-order valence-electron chi connectivity index (χ0n) is 11.2. The summed E-state index contributed by atoms with van der Waals surface area (Å²) in [7, 11) is 0. The predicted molar refractivity (Wildman–Crippen MR) is 79.9 cm³/mol. The second kappa shape index (κ2) is 5.27. The van der Waals surface area contributed by atoms with E-state index in [1.165, 1.54) is 0 Å². The summed E-state index contributed by atoms with van der Waals surface area (Å²) >= 11 is 3.40. The second-order valence-electron chi connectivity index (χ2n) is 5.29. The van der Waals surface area contributed by atoms with Crippen LogP contribution in [0.5, 0.6) is 0 Å². The van der Waals surface area contributed by atoms with Crippen molar-refractivity contribution in [1.82, 2.24) is 0 Å². The molecule has 0 aliphatic carbocycles. The molecular weight excluding hydrogens is 338 g/mol. The Morgan fingerprint density at radius 1 is 1.24 bits per heavy atom. The van der Waals surface area contributed by atoms with Gasteiger partial charge in [0.05, 0.1) is 18.1 Å². The lowest BCUT2D eigenvalue weighted by molar-refractivity contribution is -0.145. The Kier molecular flexibility index (Phi) is 3.59. The Bertz CT molecular complexity index is 643. The molecule has 6 heteroatoms. The molecule has 0 saturated carbocycles. The minimum Gasteiger partial charge on any atom is -0.481 e. The van der Waals surface area contributed by atoms with Crippen molar-refractivity contribution in [3.05, 3.63) is 40.4 Å². The summed E-state index contributed by atoms with van der Waals surface area (Å²) in [5.41, 5.74) is 1.64. The molecule has 3 rings (SSSR count). The first kappa shape index (κ1) is 14.3. The van der Waals surface area contributed by atoms with E-state index in [0.29, 0.717) is 5.69 Å². The first-order valence-corrected chi connectivity index (χ1v) is 7.40. The monoisotopic (exact) mass is 351 g/mol. The molecule has 2 aliphatic rings. The molecule has 2 aliphatic heterocycles. The van der Waals surface area contributed by atoms with Crippen molar-refractivity contribution in [3.8, 4) is 0 Å². The van der Waals surface area contributed by atoms with Crippen molar-refractivity contribution < 1.29 is 19.4 Å². The van der Waals surface area contributed by atoms with Gasteiger partial charge < -0.3 is 15.2 Å². The molecule has 0 spiro atoms. The van der Waals surface area contributed by atoms with Crippen molar-refractivity contribution in [2.75, 3.05) is 5.32 Å². The molecule has 2 heterocycles. The molecule has 0 aromatic heterocycles. The number of carbonyl (C=O) groups is 2. The Labute approximate surface area is 130 Å². The number of hydrogen-bond donors (Lipinski definition) is 2. The molecular formula is C15H14BrNO4. The number of anilines is 1. The van der Waals surface area contributed by atoms with Gasteiger partial charge in [-0.05, 0) is 30.7 Å². The molecule has 110 valence electrons. The van der Waals surface area contributed by atoms with Gasteiger partial charge in [-0.2, -0.15) is 0 Å². The van der Waals surface area contributed by atoms with E-state index in [1.807, 2.05) is 19.1 Å². The SMILES string of the molecule is Cc1cc(NC(=O)[C@H]2[C@H](C(=O)O)[C@H]3C=C[C@H]2O3)ccc1Br. The number of rotatable bonds is 3. The van der Waals surface area contributed by atoms with Crippen LogP contribution in [0, 0.1) is 18.8 Å². The number of aryl methyl sites for hydroxylation is 1. The molecule has 4 atom stereocenters. The highest BCUT2D eigenvalue weighted by Crippen LogP contribution is 2.39. The van der Waals surface area contributed by atoms with Crippen LogP contribution in [0.1, 0.15) is 5.56 Å². The quantitative estimate of drug-likeness (QED) is 0.819. The minimum atomic E-state index is -1.00. The highest BCUT2D eigenvalue weighted by molar-refractivity contribution is 9.10. The molecule has 1 aromatic rings. The van der Waals surface area contributed by atoms with Gasteiger partial charge in [-0.3, -0.25) is 9.59 Å². The van der Waals surface area contributed by atoms with Crippen LogP contribution in [0.2, 0.25) is 0 Å². The third-order valence-electron chi connectivity index (χ3n) is 3.91. The molecule has 0 radical (unpaired) electrons. The maximum atomic E-state index is 12.4. The largest absolute Gasteiger partial charge is 0.481 e. The molecule has 1 fully saturated rings. The van der Waals surface area contributed by atoms with Crippen LogP contribution < -0.4 is 5.32 Å². The number of carboxylic acid groups (broad SMARTS) is 1. The number of carboxylic acids is 1. The second-order valence-corrected chi connectivity index (χ2v) is 6.15. The van der Waals surface area contributed by atoms with Crippen molar-refractivity contribution in [2.45, 2.75) is 19.1 Å². The predicted octanol–water partition coefficient (Wildman–Crippen LogP) is 2.35. The smallest absolute Gasteiger partial charge is 0.310 e. The van der Waals surface area contributed by atoms with Crippen molar-refractivity contribution >= 4 is 33.5 Å². The van der Waals surface area contributed by atoms with E-state index in [1.54, 1.807) is 18.2 Å². The maximum absolute atomic E-state index is 12.4. The number of nitrogens with one attached hydrogen (secondary N) is 1. The average molecular weight is 352 g/mol. The van der Waals surface area contributed by atoms with E-state index in [0.717, 1.165) is 10.0 Å². The van der Waals surface area contributed by atoms with E-state index in [-0.39, 0.29) is 5.91 Å². The zero-order valence-corrected chi connectivity index (χ0v) is 12.8. The Morgan fingerprint density at radius 3 is 2.52 bits per heavy atom. The first-order chi connectivity index (χ1) is 9.97. The minimum absolute atomic E-state index is 0.319. The van der Waals surface area contributed by atoms with Gasteiger partial charge in [-0.1, -0.05) is 28.1 Å². The number of amides is 1.